The summed E-state index contributed by atoms with van der Waals surface area (Å²) in [6, 6.07) is 7.42. The Bertz CT molecular complexity index is 864. The maximum absolute atomic E-state index is 12.6. The Labute approximate surface area is 171 Å². The first-order valence-electron chi connectivity index (χ1n) is 9.68. The Morgan fingerprint density at radius 3 is 2.55 bits per heavy atom. The van der Waals surface area contributed by atoms with E-state index in [1.165, 1.54) is 0 Å². The number of allylic oxidation sites excluding steroid dienone is 2. The van der Waals surface area contributed by atoms with Crippen LogP contribution in [0.4, 0.5) is 0 Å². The van der Waals surface area contributed by atoms with Crippen molar-refractivity contribution >= 4 is 5.97 Å². The van der Waals surface area contributed by atoms with Crippen molar-refractivity contribution in [3.05, 3.63) is 46.6 Å². The summed E-state index contributed by atoms with van der Waals surface area (Å²) in [6.07, 6.45) is 0. The van der Waals surface area contributed by atoms with Gasteiger partial charge in [0.05, 0.1) is 31.3 Å². The van der Waals surface area contributed by atoms with Gasteiger partial charge in [0.2, 0.25) is 5.88 Å². The molecular formula is C22H28N2O5. The van der Waals surface area contributed by atoms with E-state index in [-0.39, 0.29) is 23.6 Å². The second kappa shape index (κ2) is 9.87. The van der Waals surface area contributed by atoms with E-state index in [9.17, 15) is 10.1 Å². The van der Waals surface area contributed by atoms with Crippen molar-refractivity contribution in [2.45, 2.75) is 40.5 Å². The van der Waals surface area contributed by atoms with E-state index >= 15 is 0 Å². The molecule has 1 aromatic carbocycles. The van der Waals surface area contributed by atoms with E-state index in [0.717, 1.165) is 0 Å². The smallest absolute Gasteiger partial charge is 0.338 e. The zero-order valence-electron chi connectivity index (χ0n) is 17.6. The molecule has 156 valence electrons. The van der Waals surface area contributed by atoms with Crippen LogP contribution in [0.25, 0.3) is 0 Å². The normalized spacial score (nSPS) is 16.4. The van der Waals surface area contributed by atoms with Gasteiger partial charge >= 0.3 is 5.97 Å². The Balaban J connectivity index is 2.56. The number of benzene rings is 1. The average molecular weight is 400 g/mol. The third-order valence-electron chi connectivity index (χ3n) is 4.27. The summed E-state index contributed by atoms with van der Waals surface area (Å²) < 4.78 is 22.2. The van der Waals surface area contributed by atoms with Crippen LogP contribution in [0, 0.1) is 17.2 Å². The lowest BCUT2D eigenvalue weighted by molar-refractivity contribution is -0.139. The topological polar surface area (TPSA) is 104 Å². The van der Waals surface area contributed by atoms with Crippen LogP contribution in [0.15, 0.2) is 41.0 Å². The number of esters is 1. The minimum atomic E-state index is -0.717. The monoisotopic (exact) mass is 400 g/mol. The first kappa shape index (κ1) is 22.2. The lowest BCUT2D eigenvalue weighted by Crippen LogP contribution is -2.25. The van der Waals surface area contributed by atoms with Crippen LogP contribution in [-0.2, 0) is 14.3 Å². The Morgan fingerprint density at radius 1 is 1.24 bits per heavy atom. The Morgan fingerprint density at radius 2 is 1.97 bits per heavy atom. The molecule has 1 aromatic rings. The first-order chi connectivity index (χ1) is 13.8. The summed E-state index contributed by atoms with van der Waals surface area (Å²) in [5, 5.41) is 9.68. The van der Waals surface area contributed by atoms with Crippen LogP contribution in [-0.4, -0.2) is 25.8 Å². The van der Waals surface area contributed by atoms with Crippen molar-refractivity contribution in [2.75, 3.05) is 19.8 Å². The highest BCUT2D eigenvalue weighted by Gasteiger charge is 2.36. The molecule has 1 heterocycles. The lowest BCUT2D eigenvalue weighted by Gasteiger charge is -2.27. The van der Waals surface area contributed by atoms with Crippen LogP contribution in [0.2, 0.25) is 0 Å². The van der Waals surface area contributed by atoms with Crippen molar-refractivity contribution < 1.29 is 23.7 Å². The molecule has 1 atom stereocenters. The quantitative estimate of drug-likeness (QED) is 0.663. The molecule has 0 spiro atoms. The SMILES string of the molecule is CCOC(=O)C1=C(C)OC(N)=C(C#N)C1c1ccc(OCC(C)C)c(OCC)c1. The molecule has 7 heteroatoms. The predicted molar refractivity (Wildman–Crippen MR) is 108 cm³/mol. The van der Waals surface area contributed by atoms with Crippen LogP contribution >= 0.6 is 0 Å². The Kier molecular flexibility index (Phi) is 7.54. The zero-order valence-corrected chi connectivity index (χ0v) is 17.6. The average Bonchev–Trinajstić information content (AvgIpc) is 2.66. The zero-order chi connectivity index (χ0) is 21.6. The molecule has 29 heavy (non-hydrogen) atoms. The number of hydrogen-bond donors (Lipinski definition) is 1. The summed E-state index contributed by atoms with van der Waals surface area (Å²) >= 11 is 0. The molecule has 7 nitrogen and oxygen atoms in total. The standard InChI is InChI=1S/C22H28N2O5/c1-6-26-18-10-15(8-9-17(18)28-12-13(3)4)20-16(11-23)21(24)29-14(5)19(20)22(25)27-7-2/h8-10,13,20H,6-7,12,24H2,1-5H3. The van der Waals surface area contributed by atoms with Gasteiger partial charge in [-0.3, -0.25) is 0 Å². The summed E-state index contributed by atoms with van der Waals surface area (Å²) in [7, 11) is 0. The highest BCUT2D eigenvalue weighted by molar-refractivity contribution is 5.92. The molecule has 0 aliphatic carbocycles. The van der Waals surface area contributed by atoms with E-state index in [1.807, 2.05) is 6.92 Å². The molecule has 0 bridgehead atoms. The molecule has 0 amide bonds. The summed E-state index contributed by atoms with van der Waals surface area (Å²) in [5.74, 6) is 0.510. The minimum absolute atomic E-state index is 0.0267. The molecule has 0 saturated heterocycles. The third kappa shape index (κ3) is 5.02. The lowest BCUT2D eigenvalue weighted by atomic mass is 9.83. The Hall–Kier alpha value is -3.14. The fourth-order valence-corrected chi connectivity index (χ4v) is 3.04. The fraction of sp³-hybridized carbons (Fsp3) is 0.455. The summed E-state index contributed by atoms with van der Waals surface area (Å²) in [4.78, 5) is 12.6. The summed E-state index contributed by atoms with van der Waals surface area (Å²) in [5.41, 5.74) is 7.00. The van der Waals surface area contributed by atoms with Gasteiger partial charge in [0.25, 0.3) is 0 Å². The van der Waals surface area contributed by atoms with Gasteiger partial charge < -0.3 is 24.7 Å². The maximum Gasteiger partial charge on any atom is 0.338 e. The maximum atomic E-state index is 12.6. The fourth-order valence-electron chi connectivity index (χ4n) is 3.04. The molecule has 2 N–H and O–H groups in total. The highest BCUT2D eigenvalue weighted by Crippen LogP contribution is 2.42. The number of hydrogen-bond acceptors (Lipinski definition) is 7. The molecule has 1 aliphatic heterocycles. The molecule has 0 saturated carbocycles. The van der Waals surface area contributed by atoms with Crippen molar-refractivity contribution in [3.8, 4) is 17.6 Å². The van der Waals surface area contributed by atoms with Gasteiger partial charge in [-0.05, 0) is 44.4 Å². The van der Waals surface area contributed by atoms with Gasteiger partial charge in [-0.2, -0.15) is 5.26 Å². The number of rotatable bonds is 8. The molecule has 1 unspecified atom stereocenters. The van der Waals surface area contributed by atoms with Gasteiger partial charge in [-0.25, -0.2) is 4.79 Å². The van der Waals surface area contributed by atoms with Gasteiger partial charge in [0.1, 0.15) is 17.4 Å². The van der Waals surface area contributed by atoms with Crippen molar-refractivity contribution in [2.24, 2.45) is 11.7 Å². The minimum Gasteiger partial charge on any atom is -0.490 e. The molecule has 2 rings (SSSR count). The number of carbonyl (C=O) groups is 1. The molecular weight excluding hydrogens is 372 g/mol. The van der Waals surface area contributed by atoms with Gasteiger partial charge in [-0.1, -0.05) is 19.9 Å². The molecule has 0 fully saturated rings. The van der Waals surface area contributed by atoms with E-state index in [1.54, 1.807) is 32.0 Å². The van der Waals surface area contributed by atoms with Crippen molar-refractivity contribution in [1.82, 2.24) is 0 Å². The largest absolute Gasteiger partial charge is 0.490 e. The molecule has 0 aromatic heterocycles. The van der Waals surface area contributed by atoms with E-state index in [4.69, 9.17) is 24.7 Å². The van der Waals surface area contributed by atoms with Crippen LogP contribution in [0.3, 0.4) is 0 Å². The van der Waals surface area contributed by atoms with Gasteiger partial charge in [-0.15, -0.1) is 0 Å². The number of nitrogens with zero attached hydrogens (tertiary/aromatic N) is 1. The van der Waals surface area contributed by atoms with Crippen molar-refractivity contribution in [3.63, 3.8) is 0 Å². The van der Waals surface area contributed by atoms with E-state index < -0.39 is 11.9 Å². The van der Waals surface area contributed by atoms with Crippen molar-refractivity contribution in [1.29, 1.82) is 5.26 Å². The van der Waals surface area contributed by atoms with Crippen LogP contribution < -0.4 is 15.2 Å². The predicted octanol–water partition coefficient (Wildman–Crippen LogP) is 3.76. The number of nitriles is 1. The third-order valence-corrected chi connectivity index (χ3v) is 4.27. The van der Waals surface area contributed by atoms with E-state index in [2.05, 4.69) is 19.9 Å². The summed E-state index contributed by atoms with van der Waals surface area (Å²) in [6.45, 7) is 10.5. The van der Waals surface area contributed by atoms with E-state index in [0.29, 0.717) is 42.0 Å². The second-order valence-electron chi connectivity index (χ2n) is 6.96. The highest BCUT2D eigenvalue weighted by atomic mass is 16.5. The number of nitrogens with two attached hydrogens (primary N) is 1. The number of ether oxygens (including phenoxy) is 4. The molecule has 0 radical (unpaired) electrons. The first-order valence-corrected chi connectivity index (χ1v) is 9.68. The van der Waals surface area contributed by atoms with Gasteiger partial charge in [0.15, 0.2) is 11.5 Å². The second-order valence-corrected chi connectivity index (χ2v) is 6.96. The van der Waals surface area contributed by atoms with Gasteiger partial charge in [0, 0.05) is 0 Å². The van der Waals surface area contributed by atoms with Crippen LogP contribution in [0.1, 0.15) is 46.1 Å². The number of carbonyl (C=O) groups excluding carboxylic acids is 1. The van der Waals surface area contributed by atoms with Crippen LogP contribution in [0.5, 0.6) is 11.5 Å². The molecule has 1 aliphatic rings.